The van der Waals surface area contributed by atoms with Gasteiger partial charge in [0.25, 0.3) is 0 Å². The number of hydrogen-bond acceptors (Lipinski definition) is 3. The first-order chi connectivity index (χ1) is 12.6. The summed E-state index contributed by atoms with van der Waals surface area (Å²) in [7, 11) is 0. The number of ketones is 1. The van der Waals surface area contributed by atoms with E-state index in [0.717, 1.165) is 21.3 Å². The number of aromatic hydroxyl groups is 1. The first-order valence-electron chi connectivity index (χ1n) is 8.09. The second-order valence-electron chi connectivity index (χ2n) is 5.71. The lowest BCUT2D eigenvalue weighted by Gasteiger charge is -2.07. The van der Waals surface area contributed by atoms with Crippen LogP contribution in [0.5, 0.6) is 11.5 Å². The standard InChI is InChI=1S/C22H17BrO3/c23-18-10-12-22(25)20(14-18)21(24)11-9-16-7-4-8-19(13-16)26-15-17-5-2-1-3-6-17/h1-14,25H,15H2. The number of hydrogen-bond donors (Lipinski definition) is 1. The fourth-order valence-electron chi connectivity index (χ4n) is 2.42. The summed E-state index contributed by atoms with van der Waals surface area (Å²) in [5.41, 5.74) is 2.19. The van der Waals surface area contributed by atoms with Crippen molar-refractivity contribution in [3.8, 4) is 11.5 Å². The molecule has 0 saturated carbocycles. The third-order valence-corrected chi connectivity index (χ3v) is 4.25. The average Bonchev–Trinajstić information content (AvgIpc) is 2.67. The smallest absolute Gasteiger partial charge is 0.189 e. The van der Waals surface area contributed by atoms with Crippen LogP contribution in [0.25, 0.3) is 6.08 Å². The predicted molar refractivity (Wildman–Crippen MR) is 106 cm³/mol. The van der Waals surface area contributed by atoms with E-state index in [0.29, 0.717) is 6.61 Å². The Hall–Kier alpha value is -2.85. The van der Waals surface area contributed by atoms with Crippen molar-refractivity contribution in [1.29, 1.82) is 0 Å². The molecule has 1 N–H and O–H groups in total. The number of halogens is 1. The molecule has 0 spiro atoms. The second kappa shape index (κ2) is 8.50. The summed E-state index contributed by atoms with van der Waals surface area (Å²) in [6.07, 6.45) is 3.15. The van der Waals surface area contributed by atoms with Gasteiger partial charge in [0, 0.05) is 4.47 Å². The third-order valence-electron chi connectivity index (χ3n) is 3.76. The minimum absolute atomic E-state index is 0.0391. The molecule has 0 amide bonds. The molecule has 0 aliphatic carbocycles. The van der Waals surface area contributed by atoms with E-state index < -0.39 is 0 Å². The van der Waals surface area contributed by atoms with Crippen LogP contribution in [-0.2, 0) is 6.61 Å². The summed E-state index contributed by atoms with van der Waals surface area (Å²) in [6.45, 7) is 0.485. The van der Waals surface area contributed by atoms with E-state index in [1.165, 1.54) is 12.1 Å². The molecule has 0 bridgehead atoms. The highest BCUT2D eigenvalue weighted by Crippen LogP contribution is 2.23. The molecule has 3 nitrogen and oxygen atoms in total. The van der Waals surface area contributed by atoms with Gasteiger partial charge in [0.15, 0.2) is 5.78 Å². The van der Waals surface area contributed by atoms with Crippen molar-refractivity contribution < 1.29 is 14.6 Å². The molecular formula is C22H17BrO3. The quantitative estimate of drug-likeness (QED) is 0.424. The first-order valence-corrected chi connectivity index (χ1v) is 8.89. The van der Waals surface area contributed by atoms with E-state index in [1.54, 1.807) is 18.2 Å². The fraction of sp³-hybridized carbons (Fsp3) is 0.0455. The molecule has 0 unspecified atom stereocenters. The molecule has 26 heavy (non-hydrogen) atoms. The van der Waals surface area contributed by atoms with Gasteiger partial charge in [0.1, 0.15) is 18.1 Å². The topological polar surface area (TPSA) is 46.5 Å². The molecule has 3 rings (SSSR count). The summed E-state index contributed by atoms with van der Waals surface area (Å²) < 4.78 is 6.53. The van der Waals surface area contributed by atoms with Crippen molar-refractivity contribution in [1.82, 2.24) is 0 Å². The summed E-state index contributed by atoms with van der Waals surface area (Å²) in [6, 6.07) is 22.2. The van der Waals surface area contributed by atoms with Crippen LogP contribution in [0, 0.1) is 0 Å². The van der Waals surface area contributed by atoms with Crippen molar-refractivity contribution in [2.24, 2.45) is 0 Å². The van der Waals surface area contributed by atoms with Crippen molar-refractivity contribution in [2.75, 3.05) is 0 Å². The number of ether oxygens (including phenoxy) is 1. The zero-order valence-corrected chi connectivity index (χ0v) is 15.5. The Bertz CT molecular complexity index is 933. The highest BCUT2D eigenvalue weighted by molar-refractivity contribution is 9.10. The van der Waals surface area contributed by atoms with Gasteiger partial charge in [-0.15, -0.1) is 0 Å². The summed E-state index contributed by atoms with van der Waals surface area (Å²) in [5, 5.41) is 9.83. The molecule has 0 aromatic heterocycles. The second-order valence-corrected chi connectivity index (χ2v) is 6.62. The van der Waals surface area contributed by atoms with Gasteiger partial charge in [-0.05, 0) is 47.5 Å². The van der Waals surface area contributed by atoms with Gasteiger partial charge < -0.3 is 9.84 Å². The van der Waals surface area contributed by atoms with Crippen LogP contribution < -0.4 is 4.74 Å². The summed E-state index contributed by atoms with van der Waals surface area (Å²) >= 11 is 3.30. The van der Waals surface area contributed by atoms with E-state index in [9.17, 15) is 9.90 Å². The minimum Gasteiger partial charge on any atom is -0.507 e. The number of rotatable bonds is 6. The lowest BCUT2D eigenvalue weighted by Crippen LogP contribution is -1.96. The van der Waals surface area contributed by atoms with Gasteiger partial charge >= 0.3 is 0 Å². The number of carbonyl (C=O) groups is 1. The molecule has 0 heterocycles. The average molecular weight is 409 g/mol. The molecule has 4 heteroatoms. The van der Waals surface area contributed by atoms with Crippen LogP contribution in [0.1, 0.15) is 21.5 Å². The Labute approximate surface area is 160 Å². The number of carbonyl (C=O) groups excluding carboxylic acids is 1. The largest absolute Gasteiger partial charge is 0.507 e. The molecule has 0 aliphatic heterocycles. The molecule has 3 aromatic rings. The molecule has 3 aromatic carbocycles. The maximum Gasteiger partial charge on any atom is 0.189 e. The van der Waals surface area contributed by atoms with Crippen molar-refractivity contribution in [3.05, 3.63) is 100 Å². The molecule has 0 atom stereocenters. The van der Waals surface area contributed by atoms with Crippen LogP contribution in [0.15, 0.2) is 83.3 Å². The van der Waals surface area contributed by atoms with Gasteiger partial charge in [0.2, 0.25) is 0 Å². The maximum absolute atomic E-state index is 12.3. The van der Waals surface area contributed by atoms with Gasteiger partial charge in [-0.25, -0.2) is 0 Å². The van der Waals surface area contributed by atoms with Crippen molar-refractivity contribution in [2.45, 2.75) is 6.61 Å². The lowest BCUT2D eigenvalue weighted by molar-refractivity contribution is 0.104. The highest BCUT2D eigenvalue weighted by Gasteiger charge is 2.08. The van der Waals surface area contributed by atoms with Gasteiger partial charge in [-0.3, -0.25) is 4.79 Å². The molecule has 130 valence electrons. The Morgan fingerprint density at radius 2 is 1.81 bits per heavy atom. The van der Waals surface area contributed by atoms with E-state index in [4.69, 9.17) is 4.74 Å². The Morgan fingerprint density at radius 1 is 1.00 bits per heavy atom. The number of benzene rings is 3. The van der Waals surface area contributed by atoms with Crippen LogP contribution in [0.4, 0.5) is 0 Å². The predicted octanol–water partition coefficient (Wildman–Crippen LogP) is 5.63. The Kier molecular flexibility index (Phi) is 5.87. The minimum atomic E-state index is -0.264. The SMILES string of the molecule is O=C(C=Cc1cccc(OCc2ccccc2)c1)c1cc(Br)ccc1O. The van der Waals surface area contributed by atoms with Crippen molar-refractivity contribution in [3.63, 3.8) is 0 Å². The van der Waals surface area contributed by atoms with E-state index in [1.807, 2.05) is 54.6 Å². The van der Waals surface area contributed by atoms with E-state index >= 15 is 0 Å². The van der Waals surface area contributed by atoms with E-state index in [-0.39, 0.29) is 17.1 Å². The molecule has 0 fully saturated rings. The van der Waals surface area contributed by atoms with Gasteiger partial charge in [-0.2, -0.15) is 0 Å². The highest BCUT2D eigenvalue weighted by atomic mass is 79.9. The lowest BCUT2D eigenvalue weighted by atomic mass is 10.1. The molecule has 0 radical (unpaired) electrons. The summed E-state index contributed by atoms with van der Waals surface area (Å²) in [4.78, 5) is 12.3. The van der Waals surface area contributed by atoms with Crippen LogP contribution in [0.3, 0.4) is 0 Å². The van der Waals surface area contributed by atoms with Gasteiger partial charge in [0.05, 0.1) is 5.56 Å². The van der Waals surface area contributed by atoms with Crippen molar-refractivity contribution >= 4 is 27.8 Å². The molecular weight excluding hydrogens is 392 g/mol. The molecule has 0 aliphatic rings. The van der Waals surface area contributed by atoms with Crippen LogP contribution in [-0.4, -0.2) is 10.9 Å². The Morgan fingerprint density at radius 3 is 2.62 bits per heavy atom. The normalized spacial score (nSPS) is 10.8. The van der Waals surface area contributed by atoms with Crippen LogP contribution >= 0.6 is 15.9 Å². The molecule has 0 saturated heterocycles. The number of phenols is 1. The van der Waals surface area contributed by atoms with E-state index in [2.05, 4.69) is 15.9 Å². The first kappa shape index (κ1) is 18.0. The zero-order chi connectivity index (χ0) is 18.4. The zero-order valence-electron chi connectivity index (χ0n) is 13.9. The monoisotopic (exact) mass is 408 g/mol. The Balaban J connectivity index is 1.69. The third kappa shape index (κ3) is 4.83. The fourth-order valence-corrected chi connectivity index (χ4v) is 2.78. The van der Waals surface area contributed by atoms with Gasteiger partial charge in [-0.1, -0.05) is 64.5 Å². The van der Waals surface area contributed by atoms with Crippen LogP contribution in [0.2, 0.25) is 0 Å². The summed E-state index contributed by atoms with van der Waals surface area (Å²) in [5.74, 6) is 0.427. The maximum atomic E-state index is 12.3. The number of phenolic OH excluding ortho intramolecular Hbond substituents is 1. The number of allylic oxidation sites excluding steroid dienone is 1.